The highest BCUT2D eigenvalue weighted by Gasteiger charge is 2.09. The molecule has 2 rings (SSSR count). The van der Waals surface area contributed by atoms with Gasteiger partial charge in [-0.15, -0.1) is 11.8 Å². The van der Waals surface area contributed by atoms with Crippen LogP contribution in [-0.2, 0) is 4.79 Å². The van der Waals surface area contributed by atoms with Crippen LogP contribution >= 0.6 is 11.8 Å². The minimum absolute atomic E-state index is 0.104. The first-order valence-corrected chi connectivity index (χ1v) is 9.77. The summed E-state index contributed by atoms with van der Waals surface area (Å²) in [6.45, 7) is 3.11. The summed E-state index contributed by atoms with van der Waals surface area (Å²) in [4.78, 5) is 12.1. The molecule has 0 radical (unpaired) electrons. The van der Waals surface area contributed by atoms with Gasteiger partial charge in [-0.25, -0.2) is 0 Å². The van der Waals surface area contributed by atoms with E-state index in [2.05, 4.69) is 5.32 Å². The van der Waals surface area contributed by atoms with E-state index >= 15 is 0 Å². The third-order valence-electron chi connectivity index (χ3n) is 3.55. The smallest absolute Gasteiger partial charge is 0.234 e. The summed E-state index contributed by atoms with van der Waals surface area (Å²) in [6, 6.07) is 12.8. The molecule has 0 aromatic heterocycles. The van der Waals surface area contributed by atoms with E-state index < -0.39 is 0 Å². The van der Waals surface area contributed by atoms with Crippen molar-refractivity contribution in [2.24, 2.45) is 0 Å². The van der Waals surface area contributed by atoms with E-state index in [0.29, 0.717) is 41.9 Å². The van der Waals surface area contributed by atoms with Gasteiger partial charge in [0, 0.05) is 11.8 Å². The first-order chi connectivity index (χ1) is 13.2. The van der Waals surface area contributed by atoms with E-state index in [1.54, 1.807) is 32.4 Å². The van der Waals surface area contributed by atoms with E-state index in [9.17, 15) is 4.79 Å². The van der Waals surface area contributed by atoms with Gasteiger partial charge in [-0.3, -0.25) is 4.79 Å². The number of thioether (sulfide) groups is 1. The molecule has 0 bridgehead atoms. The minimum Gasteiger partial charge on any atom is -0.497 e. The van der Waals surface area contributed by atoms with Crippen molar-refractivity contribution in [3.63, 3.8) is 0 Å². The molecule has 0 saturated carbocycles. The number of amides is 1. The van der Waals surface area contributed by atoms with Crippen molar-refractivity contribution in [1.82, 2.24) is 0 Å². The Morgan fingerprint density at radius 2 is 1.63 bits per heavy atom. The van der Waals surface area contributed by atoms with E-state index in [-0.39, 0.29) is 5.91 Å². The van der Waals surface area contributed by atoms with Crippen LogP contribution in [0.15, 0.2) is 42.5 Å². The predicted molar refractivity (Wildman–Crippen MR) is 109 cm³/mol. The van der Waals surface area contributed by atoms with Crippen LogP contribution in [0.4, 0.5) is 5.69 Å². The summed E-state index contributed by atoms with van der Waals surface area (Å²) in [5, 5.41) is 2.84. The van der Waals surface area contributed by atoms with Crippen LogP contribution in [0.25, 0.3) is 0 Å². The van der Waals surface area contributed by atoms with Gasteiger partial charge in [-0.2, -0.15) is 0 Å². The van der Waals surface area contributed by atoms with Gasteiger partial charge in [0.15, 0.2) is 0 Å². The Labute approximate surface area is 164 Å². The molecule has 0 saturated heterocycles. The van der Waals surface area contributed by atoms with Crippen LogP contribution in [0.5, 0.6) is 23.0 Å². The molecular formula is C20H25NO5S. The molecule has 0 aliphatic carbocycles. The van der Waals surface area contributed by atoms with Crippen LogP contribution in [0, 0.1) is 0 Å². The molecule has 0 unspecified atom stereocenters. The molecule has 1 N–H and O–H groups in total. The van der Waals surface area contributed by atoms with Crippen molar-refractivity contribution < 1.29 is 23.7 Å². The van der Waals surface area contributed by atoms with Crippen LogP contribution in [0.2, 0.25) is 0 Å². The van der Waals surface area contributed by atoms with Crippen molar-refractivity contribution >= 4 is 23.4 Å². The molecule has 2 aromatic rings. The fourth-order valence-electron chi connectivity index (χ4n) is 2.28. The van der Waals surface area contributed by atoms with Gasteiger partial charge < -0.3 is 24.3 Å². The summed E-state index contributed by atoms with van der Waals surface area (Å²) in [5.74, 6) is 3.78. The third-order valence-corrected chi connectivity index (χ3v) is 4.47. The van der Waals surface area contributed by atoms with Gasteiger partial charge in [-0.05, 0) is 43.3 Å². The Balaban J connectivity index is 1.70. The molecule has 146 valence electrons. The maximum atomic E-state index is 12.1. The van der Waals surface area contributed by atoms with Gasteiger partial charge in [-0.1, -0.05) is 0 Å². The molecule has 0 heterocycles. The summed E-state index contributed by atoms with van der Waals surface area (Å²) in [6.07, 6.45) is 0. The third kappa shape index (κ3) is 6.94. The highest BCUT2D eigenvalue weighted by molar-refractivity contribution is 7.99. The fraction of sp³-hybridized carbons (Fsp3) is 0.350. The molecule has 2 aromatic carbocycles. The van der Waals surface area contributed by atoms with Crippen molar-refractivity contribution in [1.29, 1.82) is 0 Å². The topological polar surface area (TPSA) is 66.0 Å². The van der Waals surface area contributed by atoms with Crippen molar-refractivity contribution in [3.05, 3.63) is 42.5 Å². The Morgan fingerprint density at radius 3 is 2.26 bits per heavy atom. The number of benzene rings is 2. The summed E-state index contributed by atoms with van der Waals surface area (Å²) in [7, 11) is 3.14. The monoisotopic (exact) mass is 391 g/mol. The lowest BCUT2D eigenvalue weighted by molar-refractivity contribution is -0.113. The molecule has 7 heteroatoms. The number of nitrogens with one attached hydrogen (secondary N) is 1. The van der Waals surface area contributed by atoms with Crippen molar-refractivity contribution in [2.75, 3.05) is 44.3 Å². The second-order valence-electron chi connectivity index (χ2n) is 5.42. The largest absolute Gasteiger partial charge is 0.497 e. The van der Waals surface area contributed by atoms with Crippen molar-refractivity contribution in [3.8, 4) is 23.0 Å². The highest BCUT2D eigenvalue weighted by atomic mass is 32.2. The molecule has 0 fully saturated rings. The lowest BCUT2D eigenvalue weighted by atomic mass is 10.2. The average Bonchev–Trinajstić information content (AvgIpc) is 2.69. The SMILES string of the molecule is CCOc1ccc(OCCSCC(=O)Nc2cc(OC)ccc2OC)cc1. The molecular weight excluding hydrogens is 366 g/mol. The van der Waals surface area contributed by atoms with Gasteiger partial charge in [0.25, 0.3) is 0 Å². The number of carbonyl (C=O) groups excluding carboxylic acids is 1. The van der Waals surface area contributed by atoms with Gasteiger partial charge in [0.05, 0.1) is 38.9 Å². The van der Waals surface area contributed by atoms with Gasteiger partial charge in [0.2, 0.25) is 5.91 Å². The lowest BCUT2D eigenvalue weighted by Gasteiger charge is -2.12. The zero-order valence-corrected chi connectivity index (χ0v) is 16.6. The number of hydrogen-bond donors (Lipinski definition) is 1. The predicted octanol–water partition coefficient (Wildman–Crippen LogP) is 3.85. The average molecular weight is 391 g/mol. The number of methoxy groups -OCH3 is 2. The van der Waals surface area contributed by atoms with Gasteiger partial charge >= 0.3 is 0 Å². The van der Waals surface area contributed by atoms with Crippen LogP contribution < -0.4 is 24.3 Å². The number of anilines is 1. The molecule has 6 nitrogen and oxygen atoms in total. The number of carbonyl (C=O) groups is 1. The van der Waals surface area contributed by atoms with Gasteiger partial charge in [0.1, 0.15) is 23.0 Å². The first-order valence-electron chi connectivity index (χ1n) is 8.61. The summed E-state index contributed by atoms with van der Waals surface area (Å²) >= 11 is 1.50. The second kappa shape index (κ2) is 11.2. The highest BCUT2D eigenvalue weighted by Crippen LogP contribution is 2.29. The van der Waals surface area contributed by atoms with E-state index in [1.807, 2.05) is 31.2 Å². The Morgan fingerprint density at radius 1 is 0.963 bits per heavy atom. The van der Waals surface area contributed by atoms with E-state index in [4.69, 9.17) is 18.9 Å². The molecule has 0 aliphatic rings. The molecule has 1 amide bonds. The quantitative estimate of drug-likeness (QED) is 0.587. The number of rotatable bonds is 11. The summed E-state index contributed by atoms with van der Waals surface area (Å²) in [5.41, 5.74) is 0.591. The van der Waals surface area contributed by atoms with Crippen LogP contribution in [0.1, 0.15) is 6.92 Å². The normalized spacial score (nSPS) is 10.2. The lowest BCUT2D eigenvalue weighted by Crippen LogP contribution is -2.15. The Kier molecular flexibility index (Phi) is 8.64. The maximum Gasteiger partial charge on any atom is 0.234 e. The molecule has 0 aliphatic heterocycles. The number of hydrogen-bond acceptors (Lipinski definition) is 6. The van der Waals surface area contributed by atoms with Crippen molar-refractivity contribution in [2.45, 2.75) is 6.92 Å². The van der Waals surface area contributed by atoms with E-state index in [0.717, 1.165) is 11.5 Å². The zero-order chi connectivity index (χ0) is 19.5. The first kappa shape index (κ1) is 20.8. The zero-order valence-electron chi connectivity index (χ0n) is 15.8. The standard InChI is InChI=1S/C20H25NO5S/c1-4-25-15-5-7-16(8-6-15)26-11-12-27-14-20(22)21-18-13-17(23-2)9-10-19(18)24-3/h5-10,13H,4,11-12,14H2,1-3H3,(H,21,22). The second-order valence-corrected chi connectivity index (χ2v) is 6.53. The minimum atomic E-state index is -0.104. The molecule has 0 spiro atoms. The summed E-state index contributed by atoms with van der Waals surface area (Å²) < 4.78 is 21.5. The maximum absolute atomic E-state index is 12.1. The van der Waals surface area contributed by atoms with Crippen LogP contribution in [-0.4, -0.2) is 44.8 Å². The molecule has 27 heavy (non-hydrogen) atoms. The van der Waals surface area contributed by atoms with E-state index in [1.165, 1.54) is 11.8 Å². The van der Waals surface area contributed by atoms with Crippen LogP contribution in [0.3, 0.4) is 0 Å². The molecule has 0 atom stereocenters. The Hall–Kier alpha value is -2.54. The fourth-order valence-corrected chi connectivity index (χ4v) is 2.88. The Bertz CT molecular complexity index is 721. The number of ether oxygens (including phenoxy) is 4.